The molecule has 0 unspecified atom stereocenters. The molecule has 0 atom stereocenters. The van der Waals surface area contributed by atoms with Gasteiger partial charge in [0, 0.05) is 18.0 Å². The molecule has 180 valence electrons. The van der Waals surface area contributed by atoms with E-state index in [0.29, 0.717) is 31.8 Å². The Morgan fingerprint density at radius 1 is 1.12 bits per heavy atom. The van der Waals surface area contributed by atoms with E-state index in [4.69, 9.17) is 0 Å². The molecular weight excluding hydrogens is 471 g/mol. The van der Waals surface area contributed by atoms with Gasteiger partial charge in [0.2, 0.25) is 15.0 Å². The van der Waals surface area contributed by atoms with Gasteiger partial charge in [-0.2, -0.15) is 13.2 Å². The fourth-order valence-electron chi connectivity index (χ4n) is 4.10. The average molecular weight is 494 g/mol. The number of aromatic nitrogens is 4. The molecule has 3 aromatic rings. The summed E-state index contributed by atoms with van der Waals surface area (Å²) in [5.41, 5.74) is -1.18. The average Bonchev–Trinajstić information content (AvgIpc) is 3.24. The van der Waals surface area contributed by atoms with Crippen LogP contribution in [0.4, 0.5) is 13.2 Å². The monoisotopic (exact) mass is 493 g/mol. The minimum absolute atomic E-state index is 0.121. The molecule has 0 amide bonds. The first-order valence-corrected chi connectivity index (χ1v) is 12.3. The predicted molar refractivity (Wildman–Crippen MR) is 118 cm³/mol. The third kappa shape index (κ3) is 4.47. The maximum absolute atomic E-state index is 13.4. The number of carbonyl (C=O) groups excluding carboxylic acids is 1. The molecular formula is C22H22F3N5O3S. The summed E-state index contributed by atoms with van der Waals surface area (Å²) < 4.78 is 64.1. The quantitative estimate of drug-likeness (QED) is 0.524. The van der Waals surface area contributed by atoms with Crippen LogP contribution in [-0.2, 0) is 26.2 Å². The molecule has 0 spiro atoms. The van der Waals surface area contributed by atoms with Crippen molar-refractivity contribution in [1.82, 2.24) is 25.3 Å². The third-order valence-electron chi connectivity index (χ3n) is 5.97. The van der Waals surface area contributed by atoms with Crippen molar-refractivity contribution in [2.45, 2.75) is 36.5 Å². The number of rotatable bonds is 5. The lowest BCUT2D eigenvalue weighted by Gasteiger charge is -2.33. The van der Waals surface area contributed by atoms with Crippen LogP contribution in [0.5, 0.6) is 0 Å². The van der Waals surface area contributed by atoms with Crippen LogP contribution in [-0.4, -0.2) is 53.5 Å². The molecule has 1 aromatic carbocycles. The van der Waals surface area contributed by atoms with Gasteiger partial charge in [-0.15, -0.1) is 0 Å². The van der Waals surface area contributed by atoms with E-state index in [9.17, 15) is 26.4 Å². The van der Waals surface area contributed by atoms with Crippen LogP contribution in [0, 0.1) is 0 Å². The van der Waals surface area contributed by atoms with Crippen LogP contribution < -0.4 is 5.32 Å². The van der Waals surface area contributed by atoms with E-state index in [1.165, 1.54) is 31.3 Å². The standard InChI is InChI=1S/C22H22F3N5O3S/c1-13(31)21(7-10-26-11-8-21)19-29-17(14-4-3-5-15(12-14)22(23,24)25)18(30-19)16-6-9-27-20(28-16)34(2,32)33/h3-6,9,12,26H,7-8,10-11H2,1-2H3,(H,29,30). The molecule has 2 N–H and O–H groups in total. The number of imidazole rings is 1. The van der Waals surface area contributed by atoms with Crippen molar-refractivity contribution < 1.29 is 26.4 Å². The fourth-order valence-corrected chi connectivity index (χ4v) is 4.62. The summed E-state index contributed by atoms with van der Waals surface area (Å²) in [5, 5.41) is 2.76. The molecule has 8 nitrogen and oxygen atoms in total. The lowest BCUT2D eigenvalue weighted by molar-refractivity contribution is -0.137. The Bertz CT molecular complexity index is 1350. The van der Waals surface area contributed by atoms with Crippen molar-refractivity contribution in [3.63, 3.8) is 0 Å². The van der Waals surface area contributed by atoms with Crippen LogP contribution in [0.25, 0.3) is 22.6 Å². The second-order valence-electron chi connectivity index (χ2n) is 8.27. The van der Waals surface area contributed by atoms with E-state index in [1.807, 2.05) is 0 Å². The molecule has 34 heavy (non-hydrogen) atoms. The molecule has 1 fully saturated rings. The molecule has 3 heterocycles. The number of carbonyl (C=O) groups is 1. The van der Waals surface area contributed by atoms with Crippen LogP contribution in [0.3, 0.4) is 0 Å². The molecule has 1 aliphatic heterocycles. The molecule has 4 rings (SSSR count). The van der Waals surface area contributed by atoms with E-state index >= 15 is 0 Å². The fraction of sp³-hybridized carbons (Fsp3) is 0.364. The number of ketones is 1. The van der Waals surface area contributed by atoms with E-state index in [1.54, 1.807) is 0 Å². The van der Waals surface area contributed by atoms with Crippen molar-refractivity contribution in [2.24, 2.45) is 0 Å². The second kappa shape index (κ2) is 8.58. The summed E-state index contributed by atoms with van der Waals surface area (Å²) in [6, 6.07) is 6.09. The molecule has 0 radical (unpaired) electrons. The number of benzene rings is 1. The first kappa shape index (κ1) is 24.0. The van der Waals surface area contributed by atoms with Gasteiger partial charge in [0.05, 0.1) is 28.1 Å². The van der Waals surface area contributed by atoms with Crippen molar-refractivity contribution in [3.05, 3.63) is 47.9 Å². The highest BCUT2D eigenvalue weighted by atomic mass is 32.2. The molecule has 0 saturated carbocycles. The number of Topliss-reactive ketones (excluding diaryl/α,β-unsaturated/α-hetero) is 1. The van der Waals surface area contributed by atoms with Gasteiger partial charge in [-0.25, -0.2) is 23.4 Å². The molecule has 1 saturated heterocycles. The molecule has 1 aliphatic rings. The number of alkyl halides is 3. The topological polar surface area (TPSA) is 118 Å². The van der Waals surface area contributed by atoms with Gasteiger partial charge >= 0.3 is 6.18 Å². The molecule has 0 bridgehead atoms. The summed E-state index contributed by atoms with van der Waals surface area (Å²) in [7, 11) is -3.74. The van der Waals surface area contributed by atoms with E-state index < -0.39 is 32.1 Å². The number of sulfone groups is 1. The summed E-state index contributed by atoms with van der Waals surface area (Å²) in [4.78, 5) is 28.3. The van der Waals surface area contributed by atoms with Gasteiger partial charge in [-0.05, 0) is 51.1 Å². The van der Waals surface area contributed by atoms with Crippen molar-refractivity contribution in [3.8, 4) is 22.6 Å². The Kier molecular flexibility index (Phi) is 6.06. The first-order chi connectivity index (χ1) is 15.9. The number of H-pyrrole nitrogens is 1. The van der Waals surface area contributed by atoms with Crippen LogP contribution in [0.15, 0.2) is 41.7 Å². The van der Waals surface area contributed by atoms with E-state index in [-0.39, 0.29) is 28.4 Å². The predicted octanol–water partition coefficient (Wildman–Crippen LogP) is 3.17. The third-order valence-corrected chi connectivity index (χ3v) is 6.83. The highest BCUT2D eigenvalue weighted by molar-refractivity contribution is 7.90. The smallest absolute Gasteiger partial charge is 0.339 e. The number of nitrogens with zero attached hydrogens (tertiary/aromatic N) is 3. The summed E-state index contributed by atoms with van der Waals surface area (Å²) >= 11 is 0. The number of hydrogen-bond acceptors (Lipinski definition) is 7. The zero-order valence-electron chi connectivity index (χ0n) is 18.4. The zero-order chi connectivity index (χ0) is 24.7. The molecule has 0 aliphatic carbocycles. The second-order valence-corrected chi connectivity index (χ2v) is 10.2. The van der Waals surface area contributed by atoms with Gasteiger partial charge in [-0.1, -0.05) is 12.1 Å². The minimum atomic E-state index is -4.57. The SMILES string of the molecule is CC(=O)C1(c2nc(-c3cccc(C(F)(F)F)c3)c(-c3ccnc(S(C)(=O)=O)n3)[nH]2)CCNCC1. The van der Waals surface area contributed by atoms with Gasteiger partial charge in [-0.3, -0.25) is 4.79 Å². The highest BCUT2D eigenvalue weighted by Gasteiger charge is 2.42. The van der Waals surface area contributed by atoms with E-state index in [2.05, 4.69) is 25.3 Å². The van der Waals surface area contributed by atoms with Gasteiger partial charge < -0.3 is 10.3 Å². The Balaban J connectivity index is 1.96. The Morgan fingerprint density at radius 2 is 1.82 bits per heavy atom. The maximum Gasteiger partial charge on any atom is 0.416 e. The van der Waals surface area contributed by atoms with Gasteiger partial charge in [0.15, 0.2) is 0 Å². The number of nitrogens with one attached hydrogen (secondary N) is 2. The van der Waals surface area contributed by atoms with Crippen LogP contribution in [0.2, 0.25) is 0 Å². The lowest BCUT2D eigenvalue weighted by atomic mass is 9.75. The van der Waals surface area contributed by atoms with Gasteiger partial charge in [0.25, 0.3) is 0 Å². The van der Waals surface area contributed by atoms with E-state index in [0.717, 1.165) is 18.4 Å². The Hall–Kier alpha value is -3.12. The summed E-state index contributed by atoms with van der Waals surface area (Å²) in [5.74, 6) is 0.188. The number of aromatic amines is 1. The normalized spacial score (nSPS) is 16.4. The van der Waals surface area contributed by atoms with Crippen molar-refractivity contribution in [2.75, 3.05) is 19.3 Å². The largest absolute Gasteiger partial charge is 0.416 e. The van der Waals surface area contributed by atoms with Crippen molar-refractivity contribution in [1.29, 1.82) is 0 Å². The molecule has 12 heteroatoms. The summed E-state index contributed by atoms with van der Waals surface area (Å²) in [6.07, 6.45) is -1.45. The first-order valence-electron chi connectivity index (χ1n) is 10.5. The van der Waals surface area contributed by atoms with Crippen LogP contribution >= 0.6 is 0 Å². The lowest BCUT2D eigenvalue weighted by Crippen LogP contribution is -2.45. The number of hydrogen-bond donors (Lipinski definition) is 2. The van der Waals surface area contributed by atoms with Gasteiger partial charge in [0.1, 0.15) is 11.6 Å². The molecule has 2 aromatic heterocycles. The number of halogens is 3. The van der Waals surface area contributed by atoms with Crippen LogP contribution in [0.1, 0.15) is 31.2 Å². The zero-order valence-corrected chi connectivity index (χ0v) is 19.2. The Morgan fingerprint density at radius 3 is 2.44 bits per heavy atom. The number of piperidine rings is 1. The summed E-state index contributed by atoms with van der Waals surface area (Å²) in [6.45, 7) is 2.60. The maximum atomic E-state index is 13.4. The highest BCUT2D eigenvalue weighted by Crippen LogP contribution is 2.39. The Labute approximate surface area is 194 Å². The van der Waals surface area contributed by atoms with Crippen molar-refractivity contribution >= 4 is 15.6 Å². The minimum Gasteiger partial charge on any atom is -0.339 e.